The highest BCUT2D eigenvalue weighted by molar-refractivity contribution is 6.20. The maximum absolute atomic E-state index is 13.3. The number of hydrogen-bond acceptors (Lipinski definition) is 7. The summed E-state index contributed by atoms with van der Waals surface area (Å²) in [4.78, 5) is 21.8. The molecule has 0 aliphatic heterocycles. The highest BCUT2D eigenvalue weighted by Gasteiger charge is 2.36. The van der Waals surface area contributed by atoms with Crippen molar-refractivity contribution in [1.29, 1.82) is 5.41 Å². The number of aryl methyl sites for hydroxylation is 1. The zero-order chi connectivity index (χ0) is 16.4. The lowest BCUT2D eigenvalue weighted by molar-refractivity contribution is -0.391. The molecule has 2 rings (SSSR count). The van der Waals surface area contributed by atoms with Gasteiger partial charge in [-0.05, 0) is 40.8 Å². The van der Waals surface area contributed by atoms with E-state index in [-0.39, 0.29) is 11.3 Å². The van der Waals surface area contributed by atoms with Crippen molar-refractivity contribution in [3.05, 3.63) is 45.4 Å². The van der Waals surface area contributed by atoms with Crippen molar-refractivity contribution in [2.75, 3.05) is 4.90 Å². The van der Waals surface area contributed by atoms with Crippen LogP contribution in [0.4, 0.5) is 20.7 Å². The lowest BCUT2D eigenvalue weighted by atomic mass is 10.2. The molecule has 22 heavy (non-hydrogen) atoms. The number of amides is 1. The highest BCUT2D eigenvalue weighted by Crippen LogP contribution is 2.23. The summed E-state index contributed by atoms with van der Waals surface area (Å²) >= 11 is 0. The summed E-state index contributed by atoms with van der Waals surface area (Å²) in [6, 6.07) is 3.42. The molecule has 0 radical (unpaired) electrons. The Hall–Kier alpha value is -3.37. The van der Waals surface area contributed by atoms with Crippen LogP contribution in [0.3, 0.4) is 0 Å². The first-order valence-electron chi connectivity index (χ1n) is 5.70. The SMILES string of the molecule is Cc1cc(N(C(=N)c2nonc2[N+](=O)[O-])C(=O)[OH2+])ccc1F. The van der Waals surface area contributed by atoms with E-state index in [0.29, 0.717) is 4.90 Å². The van der Waals surface area contributed by atoms with Crippen LogP contribution in [0, 0.1) is 28.3 Å². The Balaban J connectivity index is 2.50. The summed E-state index contributed by atoms with van der Waals surface area (Å²) in [5.41, 5.74) is -0.460. The van der Waals surface area contributed by atoms with Gasteiger partial charge >= 0.3 is 11.9 Å². The van der Waals surface area contributed by atoms with Gasteiger partial charge in [-0.15, -0.1) is 4.63 Å². The van der Waals surface area contributed by atoms with E-state index in [2.05, 4.69) is 14.9 Å². The fraction of sp³-hybridized carbons (Fsp3) is 0.0909. The van der Waals surface area contributed by atoms with Gasteiger partial charge in [-0.2, -0.15) is 4.90 Å². The summed E-state index contributed by atoms with van der Waals surface area (Å²) in [6.45, 7) is 1.43. The molecule has 1 aromatic carbocycles. The molecule has 2 aromatic rings. The molecule has 10 nitrogen and oxygen atoms in total. The number of carbonyl (C=O) groups excluding carboxylic acids is 1. The van der Waals surface area contributed by atoms with Gasteiger partial charge in [0.05, 0.1) is 10.5 Å². The summed E-state index contributed by atoms with van der Waals surface area (Å²) < 4.78 is 17.5. The number of benzene rings is 1. The molecule has 0 unspecified atom stereocenters. The Morgan fingerprint density at radius 3 is 2.73 bits per heavy atom. The predicted molar refractivity (Wildman–Crippen MR) is 70.4 cm³/mol. The second-order valence-corrected chi connectivity index (χ2v) is 4.12. The van der Waals surface area contributed by atoms with Gasteiger partial charge in [-0.3, -0.25) is 5.41 Å². The number of nitrogens with zero attached hydrogens (tertiary/aromatic N) is 4. The molecule has 0 saturated heterocycles. The molecule has 1 heterocycles. The van der Waals surface area contributed by atoms with E-state index in [1.54, 1.807) is 0 Å². The summed E-state index contributed by atoms with van der Waals surface area (Å²) in [7, 11) is 0. The van der Waals surface area contributed by atoms with E-state index in [4.69, 9.17) is 10.5 Å². The molecule has 1 amide bonds. The molecule has 114 valence electrons. The van der Waals surface area contributed by atoms with Crippen molar-refractivity contribution in [1.82, 2.24) is 10.3 Å². The minimum Gasteiger partial charge on any atom is -0.546 e. The van der Waals surface area contributed by atoms with E-state index in [1.165, 1.54) is 13.0 Å². The number of amidine groups is 1. The topological polar surface area (TPSA) is 149 Å². The average Bonchev–Trinajstić information content (AvgIpc) is 2.92. The third-order valence-corrected chi connectivity index (χ3v) is 2.69. The van der Waals surface area contributed by atoms with Gasteiger partial charge in [0, 0.05) is 0 Å². The van der Waals surface area contributed by atoms with Crippen LogP contribution in [0.2, 0.25) is 0 Å². The van der Waals surface area contributed by atoms with Gasteiger partial charge in [0.15, 0.2) is 11.0 Å². The molecule has 0 atom stereocenters. The number of hydrogen-bond donors (Lipinski definition) is 1. The molecular formula is C11H9FN5O5+. The van der Waals surface area contributed by atoms with Crippen molar-refractivity contribution in [2.24, 2.45) is 0 Å². The minimum absolute atomic E-state index is 0.0128. The standard InChI is InChI=1S/C11H8FN5O5/c1-5-4-6(2-3-7(5)12)16(11(18)19)9(13)8-10(17(20)21)15-22-14-8/h2-4,13H,1H3,(H,18,19)/p+1. The number of anilines is 1. The monoisotopic (exact) mass is 310 g/mol. The Labute approximate surface area is 121 Å². The number of rotatable bonds is 3. The number of nitro groups is 1. The van der Waals surface area contributed by atoms with Crippen LogP contribution in [-0.4, -0.2) is 32.3 Å². The highest BCUT2D eigenvalue weighted by atomic mass is 19.1. The van der Waals surface area contributed by atoms with Crippen LogP contribution in [-0.2, 0) is 0 Å². The molecular weight excluding hydrogens is 301 g/mol. The molecule has 0 aliphatic carbocycles. The lowest BCUT2D eigenvalue weighted by Gasteiger charge is -2.14. The maximum Gasteiger partial charge on any atom is 0.639 e. The van der Waals surface area contributed by atoms with E-state index < -0.39 is 34.2 Å². The Morgan fingerprint density at radius 1 is 1.50 bits per heavy atom. The number of aromatic nitrogens is 2. The van der Waals surface area contributed by atoms with Crippen LogP contribution in [0.25, 0.3) is 0 Å². The van der Waals surface area contributed by atoms with Crippen molar-refractivity contribution < 1.29 is 23.8 Å². The fourth-order valence-electron chi connectivity index (χ4n) is 1.67. The zero-order valence-corrected chi connectivity index (χ0v) is 11.0. The third kappa shape index (κ3) is 2.59. The minimum atomic E-state index is -1.35. The van der Waals surface area contributed by atoms with Gasteiger partial charge in [-0.1, -0.05) is 0 Å². The van der Waals surface area contributed by atoms with Gasteiger partial charge in [0.25, 0.3) is 5.69 Å². The van der Waals surface area contributed by atoms with Crippen LogP contribution in [0.5, 0.6) is 0 Å². The second-order valence-electron chi connectivity index (χ2n) is 4.12. The van der Waals surface area contributed by atoms with Gasteiger partial charge < -0.3 is 15.2 Å². The lowest BCUT2D eigenvalue weighted by Crippen LogP contribution is -2.36. The molecule has 3 N–H and O–H groups in total. The first-order chi connectivity index (χ1) is 10.3. The maximum atomic E-state index is 13.3. The Kier molecular flexibility index (Phi) is 3.79. The molecule has 1 aromatic heterocycles. The number of carbonyl (C=O) groups is 1. The van der Waals surface area contributed by atoms with E-state index >= 15 is 0 Å². The molecule has 0 aliphatic rings. The quantitative estimate of drug-likeness (QED) is 0.295. The van der Waals surface area contributed by atoms with Crippen LogP contribution >= 0.6 is 0 Å². The van der Waals surface area contributed by atoms with Crippen LogP contribution < -0.4 is 4.90 Å². The molecule has 11 heteroatoms. The van der Waals surface area contributed by atoms with Gasteiger partial charge in [0.2, 0.25) is 0 Å². The summed E-state index contributed by atoms with van der Waals surface area (Å²) in [6.07, 6.45) is -1.35. The Bertz CT molecular complexity index is 774. The summed E-state index contributed by atoms with van der Waals surface area (Å²) in [5, 5.41) is 32.0. The first kappa shape index (κ1) is 15.0. The molecule has 0 fully saturated rings. The van der Waals surface area contributed by atoms with Crippen molar-refractivity contribution in [2.45, 2.75) is 6.92 Å². The largest absolute Gasteiger partial charge is 0.639 e. The van der Waals surface area contributed by atoms with Crippen LogP contribution in [0.15, 0.2) is 22.8 Å². The van der Waals surface area contributed by atoms with Crippen molar-refractivity contribution >= 4 is 23.4 Å². The summed E-state index contributed by atoms with van der Waals surface area (Å²) in [5.74, 6) is -2.18. The van der Waals surface area contributed by atoms with Crippen LogP contribution in [0.1, 0.15) is 11.3 Å². The predicted octanol–water partition coefficient (Wildman–Crippen LogP) is 1.10. The number of nitrogens with one attached hydrogen (secondary N) is 1. The number of halogens is 1. The normalized spacial score (nSPS) is 10.3. The van der Waals surface area contributed by atoms with E-state index in [0.717, 1.165) is 12.1 Å². The van der Waals surface area contributed by atoms with Gasteiger partial charge in [-0.25, -0.2) is 4.39 Å². The van der Waals surface area contributed by atoms with E-state index in [9.17, 15) is 19.3 Å². The average molecular weight is 310 g/mol. The second kappa shape index (κ2) is 5.55. The van der Waals surface area contributed by atoms with Crippen molar-refractivity contribution in [3.63, 3.8) is 0 Å². The molecule has 0 saturated carbocycles. The fourth-order valence-corrected chi connectivity index (χ4v) is 1.67. The first-order valence-corrected chi connectivity index (χ1v) is 5.70. The zero-order valence-electron chi connectivity index (χ0n) is 11.0. The third-order valence-electron chi connectivity index (χ3n) is 2.69. The smallest absolute Gasteiger partial charge is 0.546 e. The van der Waals surface area contributed by atoms with E-state index in [1.807, 2.05) is 0 Å². The molecule has 0 bridgehead atoms. The Morgan fingerprint density at radius 2 is 2.18 bits per heavy atom. The molecule has 0 spiro atoms. The van der Waals surface area contributed by atoms with Gasteiger partial charge in [0.1, 0.15) is 5.82 Å². The van der Waals surface area contributed by atoms with Crippen molar-refractivity contribution in [3.8, 4) is 0 Å².